The molecule has 2 aromatic heterocycles. The number of nitrogens with zero attached hydrogens (tertiary/aromatic N) is 2. The summed E-state index contributed by atoms with van der Waals surface area (Å²) in [6, 6.07) is 85.2. The summed E-state index contributed by atoms with van der Waals surface area (Å²) < 4.78 is 5.03. The molecule has 2 nitrogen and oxygen atoms in total. The van der Waals surface area contributed by atoms with E-state index in [-0.39, 0.29) is 0 Å². The zero-order valence-electron chi connectivity index (χ0n) is 31.3. The van der Waals surface area contributed by atoms with Crippen molar-refractivity contribution in [1.29, 1.82) is 0 Å². The number of hydrogen-bond acceptors (Lipinski definition) is 0. The molecule has 0 atom stereocenters. The molecule has 0 aliphatic carbocycles. The molecule has 0 bridgehead atoms. The van der Waals surface area contributed by atoms with Crippen LogP contribution in [0.4, 0.5) is 0 Å². The van der Waals surface area contributed by atoms with Crippen molar-refractivity contribution < 1.29 is 0 Å². The first-order valence-corrected chi connectivity index (χ1v) is 21.7. The van der Waals surface area contributed by atoms with Crippen LogP contribution in [-0.4, -0.2) is 17.2 Å². The Morgan fingerprint density at radius 3 is 1.37 bits per heavy atom. The Morgan fingerprint density at radius 1 is 0.298 bits per heavy atom. The van der Waals surface area contributed by atoms with Crippen LogP contribution in [0.5, 0.6) is 0 Å². The number of fused-ring (bicyclic) bond motifs is 6. The van der Waals surface area contributed by atoms with Crippen molar-refractivity contribution in [2.45, 2.75) is 0 Å². The molecule has 2 heterocycles. The molecule has 0 aliphatic rings. The van der Waals surface area contributed by atoms with Gasteiger partial charge in [0, 0.05) is 27.2 Å². The Morgan fingerprint density at radius 2 is 0.754 bits per heavy atom. The predicted octanol–water partition coefficient (Wildman–Crippen LogP) is 10.9. The molecule has 9 aromatic carbocycles. The molecule has 0 fully saturated rings. The lowest BCUT2D eigenvalue weighted by Gasteiger charge is -2.35. The van der Waals surface area contributed by atoms with E-state index in [1.807, 2.05) is 0 Å². The average molecular weight is 743 g/mol. The van der Waals surface area contributed by atoms with E-state index in [0.29, 0.717) is 0 Å². The van der Waals surface area contributed by atoms with E-state index >= 15 is 0 Å². The normalized spacial score (nSPS) is 11.9. The number of rotatable bonds is 7. The standard InChI is InChI=1S/C54H38N2Si/c1-5-19-39(20-6-1)40-35-37-41(38-36-40)55-49-31-16-14-28-47(49)53-50(55)32-18-33-51(53)56-48-30-15-13-27-45(48)46-29-17-34-52(54(46)56)57(42-21-7-2-8-22-42,43-23-9-3-10-24-43)44-25-11-4-12-26-44/h1-38H. The Kier molecular flexibility index (Phi) is 7.87. The monoisotopic (exact) mass is 742 g/mol. The van der Waals surface area contributed by atoms with Crippen LogP contribution in [0.25, 0.3) is 66.1 Å². The second-order valence-electron chi connectivity index (χ2n) is 14.8. The van der Waals surface area contributed by atoms with Gasteiger partial charge < -0.3 is 9.13 Å². The highest BCUT2D eigenvalue weighted by molar-refractivity contribution is 7.20. The summed E-state index contributed by atoms with van der Waals surface area (Å²) in [5.74, 6) is 0. The first-order chi connectivity index (χ1) is 28.3. The minimum atomic E-state index is -2.92. The highest BCUT2D eigenvalue weighted by Crippen LogP contribution is 2.40. The van der Waals surface area contributed by atoms with Gasteiger partial charge >= 0.3 is 0 Å². The van der Waals surface area contributed by atoms with Gasteiger partial charge in [-0.3, -0.25) is 0 Å². The van der Waals surface area contributed by atoms with Crippen LogP contribution in [-0.2, 0) is 0 Å². The summed E-state index contributed by atoms with van der Waals surface area (Å²) in [6.07, 6.45) is 0. The molecule has 0 N–H and O–H groups in total. The van der Waals surface area contributed by atoms with Gasteiger partial charge in [-0.05, 0) is 68.3 Å². The van der Waals surface area contributed by atoms with Crippen molar-refractivity contribution in [2.75, 3.05) is 0 Å². The molecule has 0 amide bonds. The first-order valence-electron chi connectivity index (χ1n) is 19.7. The SMILES string of the molecule is c1ccc(-c2ccc(-n3c4ccccc4c4c(-n5c6ccccc6c6cccc([Si](c7ccccc7)(c7ccccc7)c7ccccc7)c65)cccc43)cc2)cc1. The van der Waals surface area contributed by atoms with Gasteiger partial charge in [0.2, 0.25) is 0 Å². The van der Waals surface area contributed by atoms with Crippen LogP contribution in [0.2, 0.25) is 0 Å². The zero-order chi connectivity index (χ0) is 37.8. The molecule has 11 aromatic rings. The molecule has 268 valence electrons. The lowest BCUT2D eigenvalue weighted by Crippen LogP contribution is -2.75. The Balaban J connectivity index is 1.26. The fourth-order valence-electron chi connectivity index (χ4n) is 9.50. The highest BCUT2D eigenvalue weighted by atomic mass is 28.3. The maximum atomic E-state index is 2.59. The van der Waals surface area contributed by atoms with Gasteiger partial charge in [0.25, 0.3) is 0 Å². The summed E-state index contributed by atoms with van der Waals surface area (Å²) in [5, 5.41) is 10.4. The van der Waals surface area contributed by atoms with E-state index in [4.69, 9.17) is 0 Å². The molecule has 0 unspecified atom stereocenters. The third-order valence-corrected chi connectivity index (χ3v) is 16.7. The lowest BCUT2D eigenvalue weighted by atomic mass is 10.1. The number of benzene rings is 9. The van der Waals surface area contributed by atoms with Gasteiger partial charge in [0.15, 0.2) is 8.07 Å². The van der Waals surface area contributed by atoms with Crippen LogP contribution in [0, 0.1) is 0 Å². The van der Waals surface area contributed by atoms with Crippen molar-refractivity contribution in [3.63, 3.8) is 0 Å². The van der Waals surface area contributed by atoms with Crippen molar-refractivity contribution in [3.8, 4) is 22.5 Å². The summed E-state index contributed by atoms with van der Waals surface area (Å²) in [5.41, 5.74) is 9.59. The molecule has 57 heavy (non-hydrogen) atoms. The van der Waals surface area contributed by atoms with Crippen molar-refractivity contribution in [2.24, 2.45) is 0 Å². The molecule has 0 aliphatic heterocycles. The van der Waals surface area contributed by atoms with E-state index in [9.17, 15) is 0 Å². The molecule has 0 spiro atoms. The molecule has 0 saturated carbocycles. The van der Waals surface area contributed by atoms with E-state index in [1.165, 1.54) is 81.2 Å². The summed E-state index contributed by atoms with van der Waals surface area (Å²) in [4.78, 5) is 0. The molecule has 0 saturated heterocycles. The van der Waals surface area contributed by atoms with Gasteiger partial charge in [0.05, 0.1) is 27.8 Å². The molecule has 0 radical (unpaired) electrons. The van der Waals surface area contributed by atoms with Gasteiger partial charge in [-0.1, -0.05) is 194 Å². The second kappa shape index (κ2) is 13.5. The predicted molar refractivity (Wildman–Crippen MR) is 244 cm³/mol. The van der Waals surface area contributed by atoms with E-state index < -0.39 is 8.07 Å². The van der Waals surface area contributed by atoms with Gasteiger partial charge in [-0.2, -0.15) is 0 Å². The van der Waals surface area contributed by atoms with Gasteiger partial charge in [0.1, 0.15) is 0 Å². The fraction of sp³-hybridized carbons (Fsp3) is 0. The minimum absolute atomic E-state index is 1.14. The zero-order valence-corrected chi connectivity index (χ0v) is 32.3. The number of aromatic nitrogens is 2. The van der Waals surface area contributed by atoms with Crippen LogP contribution < -0.4 is 20.7 Å². The Labute approximate surface area is 333 Å². The molecule has 3 heteroatoms. The topological polar surface area (TPSA) is 9.86 Å². The molecular formula is C54H38N2Si. The smallest absolute Gasteiger partial charge is 0.181 e. The van der Waals surface area contributed by atoms with Gasteiger partial charge in [-0.15, -0.1) is 0 Å². The Bertz CT molecular complexity index is 3100. The third-order valence-electron chi connectivity index (χ3n) is 11.9. The van der Waals surface area contributed by atoms with Gasteiger partial charge in [-0.25, -0.2) is 0 Å². The molecule has 11 rings (SSSR count). The Hall–Kier alpha value is -7.20. The fourth-order valence-corrected chi connectivity index (χ4v) is 14.5. The largest absolute Gasteiger partial charge is 0.309 e. The number of hydrogen-bond donors (Lipinski definition) is 0. The van der Waals surface area contributed by atoms with Crippen molar-refractivity contribution >= 4 is 72.4 Å². The van der Waals surface area contributed by atoms with Crippen LogP contribution in [0.1, 0.15) is 0 Å². The van der Waals surface area contributed by atoms with Crippen LogP contribution in [0.15, 0.2) is 231 Å². The van der Waals surface area contributed by atoms with E-state index in [0.717, 1.165) is 5.69 Å². The maximum Gasteiger partial charge on any atom is 0.181 e. The van der Waals surface area contributed by atoms with E-state index in [1.54, 1.807) is 0 Å². The maximum absolute atomic E-state index is 2.92. The van der Waals surface area contributed by atoms with Crippen molar-refractivity contribution in [3.05, 3.63) is 231 Å². The molecular weight excluding hydrogens is 705 g/mol. The van der Waals surface area contributed by atoms with Crippen molar-refractivity contribution in [1.82, 2.24) is 9.13 Å². The van der Waals surface area contributed by atoms with Crippen LogP contribution >= 0.6 is 0 Å². The third kappa shape index (κ3) is 5.10. The van der Waals surface area contributed by atoms with E-state index in [2.05, 4.69) is 240 Å². The van der Waals surface area contributed by atoms with Crippen LogP contribution in [0.3, 0.4) is 0 Å². The summed E-state index contributed by atoms with van der Waals surface area (Å²) in [6.45, 7) is 0. The number of para-hydroxylation sites is 3. The lowest BCUT2D eigenvalue weighted by molar-refractivity contribution is 1.17. The summed E-state index contributed by atoms with van der Waals surface area (Å²) in [7, 11) is -2.92. The highest BCUT2D eigenvalue weighted by Gasteiger charge is 2.43. The minimum Gasteiger partial charge on any atom is -0.309 e. The summed E-state index contributed by atoms with van der Waals surface area (Å²) >= 11 is 0. The second-order valence-corrected chi connectivity index (χ2v) is 18.6. The quantitative estimate of drug-likeness (QED) is 0.114. The first kappa shape index (κ1) is 33.2. The average Bonchev–Trinajstić information content (AvgIpc) is 3.82.